The number of nitrogens with two attached hydrogens (primary N) is 1. The van der Waals surface area contributed by atoms with E-state index >= 15 is 0 Å². The lowest BCUT2D eigenvalue weighted by Crippen LogP contribution is -2.56. The second-order valence-corrected chi connectivity index (χ2v) is 10.5. The summed E-state index contributed by atoms with van der Waals surface area (Å²) in [7, 11) is 0. The van der Waals surface area contributed by atoms with Gasteiger partial charge in [0.1, 0.15) is 12.1 Å². The second kappa shape index (κ2) is 15.3. The van der Waals surface area contributed by atoms with Gasteiger partial charge in [-0.1, -0.05) is 76.6 Å². The first-order valence-electron chi connectivity index (χ1n) is 13.5. The number of carbonyl (C=O) groups excluding carboxylic acids is 5. The molecule has 5 amide bonds. The van der Waals surface area contributed by atoms with Crippen molar-refractivity contribution < 1.29 is 33.9 Å². The average molecular weight is 570 g/mol. The van der Waals surface area contributed by atoms with E-state index in [4.69, 9.17) is 10.8 Å². The fourth-order valence-electron chi connectivity index (χ4n) is 4.27. The average Bonchev–Trinajstić information content (AvgIpc) is 2.92. The Morgan fingerprint density at radius 3 is 2.12 bits per heavy atom. The number of carbonyl (C=O) groups is 6. The first-order valence-corrected chi connectivity index (χ1v) is 13.5. The minimum Gasteiger partial charge on any atom is -0.465 e. The van der Waals surface area contributed by atoms with Gasteiger partial charge < -0.3 is 32.1 Å². The van der Waals surface area contributed by atoms with Gasteiger partial charge in [-0.2, -0.15) is 0 Å². The Morgan fingerprint density at radius 2 is 1.54 bits per heavy atom. The molecule has 222 valence electrons. The minimum absolute atomic E-state index is 0.0253. The molecule has 0 spiro atoms. The molecular weight excluding hydrogens is 530 g/mol. The summed E-state index contributed by atoms with van der Waals surface area (Å²) in [6, 6.07) is 9.86. The van der Waals surface area contributed by atoms with Crippen molar-refractivity contribution in [2.45, 2.75) is 65.1 Å². The molecular formula is C29H39N5O7. The maximum absolute atomic E-state index is 13.0. The maximum atomic E-state index is 13.0. The molecule has 0 aliphatic carbocycles. The molecule has 12 heteroatoms. The molecule has 0 radical (unpaired) electrons. The third kappa shape index (κ3) is 10.2. The summed E-state index contributed by atoms with van der Waals surface area (Å²) in [5.74, 6) is -4.81. The van der Waals surface area contributed by atoms with Gasteiger partial charge in [0.2, 0.25) is 23.5 Å². The van der Waals surface area contributed by atoms with Crippen LogP contribution >= 0.6 is 0 Å². The number of nitrogens with one attached hydrogen (secondary N) is 4. The van der Waals surface area contributed by atoms with Crippen LogP contribution in [0.2, 0.25) is 0 Å². The monoisotopic (exact) mass is 569 g/mol. The Bertz CT molecular complexity index is 1280. The summed E-state index contributed by atoms with van der Waals surface area (Å²) in [5.41, 5.74) is 6.26. The zero-order valence-electron chi connectivity index (χ0n) is 23.7. The quantitative estimate of drug-likeness (QED) is 0.173. The number of rotatable bonds is 15. The predicted octanol–water partition coefficient (Wildman–Crippen LogP) is 1.25. The van der Waals surface area contributed by atoms with Crippen LogP contribution in [0.25, 0.3) is 10.8 Å². The van der Waals surface area contributed by atoms with Crippen LogP contribution in [0, 0.1) is 11.8 Å². The summed E-state index contributed by atoms with van der Waals surface area (Å²) in [6.07, 6.45) is -0.647. The topological polar surface area (TPSA) is 197 Å². The second-order valence-electron chi connectivity index (χ2n) is 10.5. The third-order valence-corrected chi connectivity index (χ3v) is 6.68. The highest BCUT2D eigenvalue weighted by atomic mass is 16.4. The van der Waals surface area contributed by atoms with Crippen molar-refractivity contribution in [2.24, 2.45) is 17.6 Å². The molecule has 2 aromatic rings. The van der Waals surface area contributed by atoms with E-state index in [1.165, 1.54) is 0 Å². The molecule has 0 bridgehead atoms. The van der Waals surface area contributed by atoms with E-state index in [1.54, 1.807) is 13.8 Å². The summed E-state index contributed by atoms with van der Waals surface area (Å²) in [6.45, 7) is 6.44. The SMILES string of the molecule is CC[C@H](C)C(NC(=O)[C@H](CC(C)C)NC(=O)O)C(=O)C(=O)NCC(=O)N[C@H](Cc1ccc2ccccc2c1)C(N)=O. The van der Waals surface area contributed by atoms with Gasteiger partial charge >= 0.3 is 6.09 Å². The number of benzene rings is 2. The molecule has 0 heterocycles. The molecule has 4 atom stereocenters. The predicted molar refractivity (Wildman–Crippen MR) is 153 cm³/mol. The highest BCUT2D eigenvalue weighted by Crippen LogP contribution is 2.17. The van der Waals surface area contributed by atoms with Crippen LogP contribution in [0.1, 0.15) is 46.1 Å². The van der Waals surface area contributed by atoms with Crippen LogP contribution in [0.15, 0.2) is 42.5 Å². The van der Waals surface area contributed by atoms with E-state index in [-0.39, 0.29) is 18.8 Å². The van der Waals surface area contributed by atoms with Gasteiger partial charge in [-0.15, -0.1) is 0 Å². The van der Waals surface area contributed by atoms with Gasteiger partial charge in [0.05, 0.1) is 12.6 Å². The van der Waals surface area contributed by atoms with Crippen molar-refractivity contribution in [3.05, 3.63) is 48.0 Å². The Kier molecular flexibility index (Phi) is 12.2. The van der Waals surface area contributed by atoms with Gasteiger partial charge in [-0.25, -0.2) is 4.79 Å². The molecule has 0 saturated carbocycles. The third-order valence-electron chi connectivity index (χ3n) is 6.68. The van der Waals surface area contributed by atoms with Gasteiger partial charge in [0.25, 0.3) is 5.91 Å². The number of fused-ring (bicyclic) bond motifs is 1. The number of ketones is 1. The first-order chi connectivity index (χ1) is 19.3. The molecule has 2 aromatic carbocycles. The van der Waals surface area contributed by atoms with Crippen molar-refractivity contribution in [3.8, 4) is 0 Å². The normalized spacial score (nSPS) is 13.9. The number of primary amides is 1. The highest BCUT2D eigenvalue weighted by Gasteiger charge is 2.33. The van der Waals surface area contributed by atoms with Gasteiger partial charge in [0.15, 0.2) is 0 Å². The lowest BCUT2D eigenvalue weighted by Gasteiger charge is -2.26. The lowest BCUT2D eigenvalue weighted by atomic mass is 9.94. The van der Waals surface area contributed by atoms with Crippen molar-refractivity contribution >= 4 is 46.3 Å². The standard InChI is InChI=1S/C29H39N5O7/c1-5-17(4)24(34-27(38)22(12-16(2)3)33-29(40)41)25(36)28(39)31-15-23(35)32-21(26(30)37)14-18-10-11-19-8-6-7-9-20(19)13-18/h6-11,13,16-17,21-22,24,33H,5,12,14-15H2,1-4H3,(H2,30,37)(H,31,39)(H,32,35)(H,34,38)(H,40,41)/t17-,21+,22-,24?/m0/s1. The number of carboxylic acid groups (broad SMARTS) is 1. The molecule has 1 unspecified atom stereocenters. The van der Waals surface area contributed by atoms with Gasteiger partial charge in [0, 0.05) is 6.42 Å². The number of Topliss-reactive ketones (excluding diaryl/α,β-unsaturated/α-hetero) is 1. The Balaban J connectivity index is 2.02. The first kappa shape index (κ1) is 32.7. The van der Waals surface area contributed by atoms with Crippen LogP contribution in [-0.4, -0.2) is 65.3 Å². The summed E-state index contributed by atoms with van der Waals surface area (Å²) < 4.78 is 0. The van der Waals surface area contributed by atoms with E-state index in [0.29, 0.717) is 6.42 Å². The molecule has 41 heavy (non-hydrogen) atoms. The van der Waals surface area contributed by atoms with Crippen molar-refractivity contribution in [3.63, 3.8) is 0 Å². The van der Waals surface area contributed by atoms with Crippen LogP contribution in [0.5, 0.6) is 0 Å². The van der Waals surface area contributed by atoms with Crippen molar-refractivity contribution in [1.82, 2.24) is 21.3 Å². The number of amides is 5. The molecule has 7 N–H and O–H groups in total. The molecule has 0 saturated heterocycles. The molecule has 0 fully saturated rings. The van der Waals surface area contributed by atoms with Gasteiger partial charge in [-0.3, -0.25) is 24.0 Å². The van der Waals surface area contributed by atoms with Crippen LogP contribution in [0.4, 0.5) is 4.79 Å². The molecule has 0 aromatic heterocycles. The van der Waals surface area contributed by atoms with Crippen LogP contribution < -0.4 is 27.0 Å². The maximum Gasteiger partial charge on any atom is 0.405 e. The fraction of sp³-hybridized carbons (Fsp3) is 0.448. The Labute approximate surface area is 238 Å². The van der Waals surface area contributed by atoms with Crippen molar-refractivity contribution in [1.29, 1.82) is 0 Å². The Hall–Kier alpha value is -4.48. The fourth-order valence-corrected chi connectivity index (χ4v) is 4.27. The van der Waals surface area contributed by atoms with E-state index < -0.39 is 66.1 Å². The Morgan fingerprint density at radius 1 is 0.878 bits per heavy atom. The zero-order valence-corrected chi connectivity index (χ0v) is 23.7. The highest BCUT2D eigenvalue weighted by molar-refractivity contribution is 6.38. The lowest BCUT2D eigenvalue weighted by molar-refractivity contribution is -0.141. The summed E-state index contributed by atoms with van der Waals surface area (Å²) in [5, 5.41) is 20.4. The molecule has 12 nitrogen and oxygen atoms in total. The van der Waals surface area contributed by atoms with Gasteiger partial charge in [-0.05, 0) is 34.6 Å². The molecule has 0 aliphatic rings. The van der Waals surface area contributed by atoms with Crippen molar-refractivity contribution in [2.75, 3.05) is 6.54 Å². The van der Waals surface area contributed by atoms with E-state index in [2.05, 4.69) is 21.3 Å². The molecule has 0 aliphatic heterocycles. The summed E-state index contributed by atoms with van der Waals surface area (Å²) in [4.78, 5) is 74.2. The van der Waals surface area contributed by atoms with Crippen LogP contribution in [0.3, 0.4) is 0 Å². The van der Waals surface area contributed by atoms with E-state index in [1.807, 2.05) is 56.3 Å². The van der Waals surface area contributed by atoms with Crippen LogP contribution in [-0.2, 0) is 30.4 Å². The number of hydrogen-bond donors (Lipinski definition) is 6. The summed E-state index contributed by atoms with van der Waals surface area (Å²) >= 11 is 0. The largest absolute Gasteiger partial charge is 0.465 e. The van der Waals surface area contributed by atoms with E-state index in [0.717, 1.165) is 16.3 Å². The molecule has 2 rings (SSSR count). The number of hydrogen-bond acceptors (Lipinski definition) is 6. The zero-order chi connectivity index (χ0) is 30.7. The minimum atomic E-state index is -1.39. The smallest absolute Gasteiger partial charge is 0.405 e. The van der Waals surface area contributed by atoms with E-state index in [9.17, 15) is 28.8 Å².